The average Bonchev–Trinajstić information content (AvgIpc) is 2.56. The molecule has 0 aliphatic carbocycles. The summed E-state index contributed by atoms with van der Waals surface area (Å²) in [7, 11) is 0. The summed E-state index contributed by atoms with van der Waals surface area (Å²) in [5.41, 5.74) is 1.68. The van der Waals surface area contributed by atoms with E-state index in [0.717, 1.165) is 12.1 Å². The van der Waals surface area contributed by atoms with E-state index in [1.165, 1.54) is 12.1 Å². The van der Waals surface area contributed by atoms with E-state index in [1.54, 1.807) is 6.07 Å². The van der Waals surface area contributed by atoms with E-state index >= 15 is 0 Å². The minimum absolute atomic E-state index is 0.149. The van der Waals surface area contributed by atoms with Gasteiger partial charge in [0.25, 0.3) is 5.91 Å². The van der Waals surface area contributed by atoms with Crippen LogP contribution in [0.15, 0.2) is 30.3 Å². The molecule has 2 rings (SSSR count). The molecule has 0 aromatic heterocycles. The summed E-state index contributed by atoms with van der Waals surface area (Å²) < 4.78 is 52.7. The number of alkyl halides is 4. The fourth-order valence-corrected chi connectivity index (χ4v) is 3.01. The van der Waals surface area contributed by atoms with Crippen molar-refractivity contribution >= 4 is 46.4 Å². The highest BCUT2D eigenvalue weighted by atomic mass is 35.5. The molecule has 10 heteroatoms. The number of hydrogen-bond donors (Lipinski definition) is 2. The second kappa shape index (κ2) is 7.83. The molecule has 0 spiro atoms. The van der Waals surface area contributed by atoms with Crippen LogP contribution < -0.4 is 11.1 Å². The van der Waals surface area contributed by atoms with Gasteiger partial charge in [-0.2, -0.15) is 13.2 Å². The van der Waals surface area contributed by atoms with Crippen molar-refractivity contribution in [1.29, 1.82) is 0 Å². The lowest BCUT2D eigenvalue weighted by Gasteiger charge is -2.25. The Morgan fingerprint density at radius 3 is 2.04 bits per heavy atom. The molecule has 0 saturated heterocycles. The van der Waals surface area contributed by atoms with Crippen LogP contribution in [0, 0.1) is 0 Å². The summed E-state index contributed by atoms with van der Waals surface area (Å²) in [5, 5.41) is 1.97. The molecule has 2 aromatic carbocycles. The third-order valence-electron chi connectivity index (χ3n) is 3.89. The minimum atomic E-state index is -5.16. The number of benzene rings is 2. The summed E-state index contributed by atoms with van der Waals surface area (Å²) in [6.07, 6.45) is -5.16. The van der Waals surface area contributed by atoms with Crippen LogP contribution >= 0.6 is 34.8 Å². The zero-order chi connectivity index (χ0) is 20.6. The van der Waals surface area contributed by atoms with Crippen LogP contribution in [0.2, 0.25) is 15.1 Å². The smallest absolute Gasteiger partial charge is 0.326 e. The van der Waals surface area contributed by atoms with E-state index in [0.29, 0.717) is 12.5 Å². The van der Waals surface area contributed by atoms with Crippen LogP contribution in [0.3, 0.4) is 0 Å². The van der Waals surface area contributed by atoms with Crippen molar-refractivity contribution in [3.63, 3.8) is 0 Å². The molecule has 1 atom stereocenters. The molecule has 0 radical (unpaired) electrons. The lowest BCUT2D eigenvalue weighted by atomic mass is 9.97. The van der Waals surface area contributed by atoms with Gasteiger partial charge in [0, 0.05) is 22.7 Å². The van der Waals surface area contributed by atoms with E-state index in [4.69, 9.17) is 40.5 Å². The summed E-state index contributed by atoms with van der Waals surface area (Å²) in [5.74, 6) is -0.657. The molecule has 0 heterocycles. The van der Waals surface area contributed by atoms with Crippen molar-refractivity contribution in [3.8, 4) is 0 Å². The van der Waals surface area contributed by atoms with Crippen LogP contribution in [-0.2, 0) is 12.2 Å². The van der Waals surface area contributed by atoms with Gasteiger partial charge in [0.15, 0.2) is 0 Å². The Balaban J connectivity index is 2.35. The monoisotopic (exact) mass is 442 g/mol. The van der Waals surface area contributed by atoms with Crippen molar-refractivity contribution in [1.82, 2.24) is 0 Å². The average molecular weight is 444 g/mol. The number of anilines is 1. The maximum atomic E-state index is 14.1. The lowest BCUT2D eigenvalue weighted by Crippen LogP contribution is -2.35. The molecule has 146 valence electrons. The van der Waals surface area contributed by atoms with Crippen LogP contribution in [0.4, 0.5) is 23.2 Å². The number of hydrogen-bond acceptors (Lipinski definition) is 2. The molecule has 3 N–H and O–H groups in total. The van der Waals surface area contributed by atoms with Gasteiger partial charge in [0.2, 0.25) is 5.67 Å². The molecule has 0 saturated carbocycles. The van der Waals surface area contributed by atoms with Gasteiger partial charge in [0.05, 0.1) is 15.7 Å². The lowest BCUT2D eigenvalue weighted by molar-refractivity contribution is -0.228. The van der Waals surface area contributed by atoms with Crippen molar-refractivity contribution in [2.24, 2.45) is 5.73 Å². The van der Waals surface area contributed by atoms with E-state index in [-0.39, 0.29) is 32.9 Å². The molecule has 0 aliphatic heterocycles. The number of rotatable bonds is 4. The van der Waals surface area contributed by atoms with E-state index in [2.05, 4.69) is 5.32 Å². The molecule has 2 aromatic rings. The summed E-state index contributed by atoms with van der Waals surface area (Å²) in [6.45, 7) is 0.537. The Morgan fingerprint density at radius 1 is 1.04 bits per heavy atom. The number of carbonyl (C=O) groups is 1. The first-order chi connectivity index (χ1) is 12.4. The second-order valence-electron chi connectivity index (χ2n) is 5.78. The molecule has 0 aliphatic rings. The zero-order valence-electron chi connectivity index (χ0n) is 13.7. The van der Waals surface area contributed by atoms with E-state index in [1.807, 2.05) is 0 Å². The van der Waals surface area contributed by atoms with Crippen molar-refractivity contribution < 1.29 is 22.4 Å². The predicted octanol–water partition coefficient (Wildman–Crippen LogP) is 6.10. The number of amides is 1. The highest BCUT2D eigenvalue weighted by Gasteiger charge is 2.53. The Morgan fingerprint density at radius 2 is 1.59 bits per heavy atom. The number of nitrogens with two attached hydrogens (primary N) is 1. The molecule has 0 fully saturated rings. The third-order valence-corrected chi connectivity index (χ3v) is 4.84. The molecule has 1 unspecified atom stereocenters. The Labute approximate surface area is 167 Å². The maximum Gasteiger partial charge on any atom is 0.426 e. The van der Waals surface area contributed by atoms with E-state index < -0.39 is 23.3 Å². The summed E-state index contributed by atoms with van der Waals surface area (Å²) in [6, 6.07) is 5.92. The first kappa shape index (κ1) is 21.8. The van der Waals surface area contributed by atoms with Crippen molar-refractivity contribution in [2.45, 2.75) is 25.3 Å². The summed E-state index contributed by atoms with van der Waals surface area (Å²) in [4.78, 5) is 12.3. The van der Waals surface area contributed by atoms with Gasteiger partial charge in [-0.05, 0) is 36.8 Å². The van der Waals surface area contributed by atoms with Crippen LogP contribution in [0.5, 0.6) is 0 Å². The van der Waals surface area contributed by atoms with Gasteiger partial charge in [0.1, 0.15) is 0 Å². The van der Waals surface area contributed by atoms with Crippen LogP contribution in [-0.4, -0.2) is 12.1 Å². The number of halogens is 7. The van der Waals surface area contributed by atoms with Gasteiger partial charge in [-0.25, -0.2) is 4.39 Å². The Hall–Kier alpha value is -1.54. The normalized spacial score (nSPS) is 14.0. The van der Waals surface area contributed by atoms with Gasteiger partial charge >= 0.3 is 6.18 Å². The number of nitrogens with one attached hydrogen (secondary N) is 1. The fourth-order valence-electron chi connectivity index (χ4n) is 2.17. The summed E-state index contributed by atoms with van der Waals surface area (Å²) >= 11 is 17.8. The first-order valence-corrected chi connectivity index (χ1v) is 8.57. The van der Waals surface area contributed by atoms with Gasteiger partial charge in [-0.3, -0.25) is 4.79 Å². The molecule has 27 heavy (non-hydrogen) atoms. The quantitative estimate of drug-likeness (QED) is 0.561. The fraction of sp³-hybridized carbons (Fsp3) is 0.235. The minimum Gasteiger partial charge on any atom is -0.326 e. The molecule has 3 nitrogen and oxygen atoms in total. The Kier molecular flexibility index (Phi) is 6.31. The predicted molar refractivity (Wildman–Crippen MR) is 98.3 cm³/mol. The Bertz CT molecular complexity index is 862. The first-order valence-electron chi connectivity index (χ1n) is 7.43. The second-order valence-corrected chi connectivity index (χ2v) is 7.00. The van der Waals surface area contributed by atoms with Crippen LogP contribution in [0.1, 0.15) is 28.4 Å². The highest BCUT2D eigenvalue weighted by Crippen LogP contribution is 2.45. The molecular weight excluding hydrogens is 431 g/mol. The standard InChI is InChI=1S/C17H13Cl3F4N2O/c1-16(21,17(22,23)24)10-5-12(19)14(13(20)6-10)26-15(27)8-2-3-9(7-25)11(18)4-8/h2-6H,7,25H2,1H3,(H,26,27). The maximum absolute atomic E-state index is 14.1. The number of carbonyl (C=O) groups excluding carboxylic acids is 1. The topological polar surface area (TPSA) is 55.1 Å². The highest BCUT2D eigenvalue weighted by molar-refractivity contribution is 6.40. The molecule has 1 amide bonds. The third kappa shape index (κ3) is 4.48. The van der Waals surface area contributed by atoms with Crippen molar-refractivity contribution in [2.75, 3.05) is 5.32 Å². The zero-order valence-corrected chi connectivity index (χ0v) is 16.0. The van der Waals surface area contributed by atoms with Gasteiger partial charge in [-0.1, -0.05) is 40.9 Å². The van der Waals surface area contributed by atoms with Crippen LogP contribution in [0.25, 0.3) is 0 Å². The largest absolute Gasteiger partial charge is 0.426 e. The van der Waals surface area contributed by atoms with Gasteiger partial charge < -0.3 is 11.1 Å². The van der Waals surface area contributed by atoms with E-state index in [9.17, 15) is 22.4 Å². The molecular formula is C17H13Cl3F4N2O. The van der Waals surface area contributed by atoms with Gasteiger partial charge in [-0.15, -0.1) is 0 Å². The molecule has 0 bridgehead atoms. The van der Waals surface area contributed by atoms with Crippen molar-refractivity contribution in [3.05, 3.63) is 62.1 Å². The SMILES string of the molecule is CC(F)(c1cc(Cl)c(NC(=O)c2ccc(CN)c(Cl)c2)c(Cl)c1)C(F)(F)F.